The summed E-state index contributed by atoms with van der Waals surface area (Å²) < 4.78 is 10.3. The van der Waals surface area contributed by atoms with Gasteiger partial charge in [0.25, 0.3) is 0 Å². The number of ether oxygens (including phenoxy) is 2. The van der Waals surface area contributed by atoms with E-state index in [1.54, 1.807) is 0 Å². The molecule has 0 aromatic heterocycles. The monoisotopic (exact) mass is 251 g/mol. The van der Waals surface area contributed by atoms with Crippen molar-refractivity contribution >= 4 is 11.7 Å². The summed E-state index contributed by atoms with van der Waals surface area (Å²) in [5, 5.41) is 3.02. The molecule has 0 radical (unpaired) electrons. The number of benzene rings is 1. The van der Waals surface area contributed by atoms with Gasteiger partial charge in [0, 0.05) is 12.3 Å². The number of hydrogen-bond acceptors (Lipinski definition) is 4. The van der Waals surface area contributed by atoms with Gasteiger partial charge in [0.1, 0.15) is 12.6 Å². The summed E-state index contributed by atoms with van der Waals surface area (Å²) in [6.07, 6.45) is -0.211. The maximum atomic E-state index is 11.5. The second-order valence-electron chi connectivity index (χ2n) is 4.18. The average molecular weight is 251 g/mol. The molecule has 0 heterocycles. The Morgan fingerprint density at radius 3 is 2.61 bits per heavy atom. The molecule has 0 saturated carbocycles. The highest BCUT2D eigenvalue weighted by atomic mass is 16.6. The van der Waals surface area contributed by atoms with Gasteiger partial charge in [-0.2, -0.15) is 0 Å². The van der Waals surface area contributed by atoms with Crippen molar-refractivity contribution in [1.29, 1.82) is 0 Å². The first-order valence-corrected chi connectivity index (χ1v) is 6.19. The molecule has 0 amide bonds. The molecular formula is C14H21NO3. The Morgan fingerprint density at radius 1 is 1.33 bits per heavy atom. The molecule has 0 aliphatic carbocycles. The number of carbonyl (C=O) groups excluding carboxylic acids is 1. The second kappa shape index (κ2) is 7.71. The minimum absolute atomic E-state index is 0.166. The van der Waals surface area contributed by atoms with E-state index in [1.165, 1.54) is 5.56 Å². The predicted molar refractivity (Wildman–Crippen MR) is 71.7 cm³/mol. The van der Waals surface area contributed by atoms with Crippen molar-refractivity contribution in [3.8, 4) is 0 Å². The van der Waals surface area contributed by atoms with E-state index < -0.39 is 0 Å². The van der Waals surface area contributed by atoms with Gasteiger partial charge in [-0.15, -0.1) is 0 Å². The number of nitrogens with one attached hydrogen (secondary N) is 1. The molecule has 4 heteroatoms. The average Bonchev–Trinajstić information content (AvgIpc) is 2.35. The molecule has 0 spiro atoms. The Labute approximate surface area is 108 Å². The van der Waals surface area contributed by atoms with Crippen LogP contribution >= 0.6 is 0 Å². The zero-order valence-corrected chi connectivity index (χ0v) is 11.2. The van der Waals surface area contributed by atoms with E-state index >= 15 is 0 Å². The van der Waals surface area contributed by atoms with Crippen LogP contribution in [0.2, 0.25) is 0 Å². The Morgan fingerprint density at radius 2 is 2.00 bits per heavy atom. The van der Waals surface area contributed by atoms with Crippen molar-refractivity contribution in [2.24, 2.45) is 0 Å². The summed E-state index contributed by atoms with van der Waals surface area (Å²) in [6, 6.07) is 7.86. The molecule has 0 aliphatic rings. The van der Waals surface area contributed by atoms with Gasteiger partial charge in [0.05, 0.1) is 6.61 Å². The number of esters is 1. The largest absolute Gasteiger partial charge is 0.459 e. The van der Waals surface area contributed by atoms with Crippen LogP contribution in [0.1, 0.15) is 19.4 Å². The maximum absolute atomic E-state index is 11.5. The van der Waals surface area contributed by atoms with Gasteiger partial charge in [-0.3, -0.25) is 4.79 Å². The highest BCUT2D eigenvalue weighted by molar-refractivity contribution is 5.75. The zero-order valence-electron chi connectivity index (χ0n) is 11.2. The third-order valence-corrected chi connectivity index (χ3v) is 2.38. The molecular weight excluding hydrogens is 230 g/mol. The van der Waals surface area contributed by atoms with Crippen LogP contribution < -0.4 is 5.32 Å². The van der Waals surface area contributed by atoms with Gasteiger partial charge in [-0.05, 0) is 32.9 Å². The zero-order chi connectivity index (χ0) is 13.4. The van der Waals surface area contributed by atoms with Crippen LogP contribution in [0.15, 0.2) is 24.3 Å². The number of carbonyl (C=O) groups is 1. The van der Waals surface area contributed by atoms with Crippen molar-refractivity contribution in [3.05, 3.63) is 29.8 Å². The summed E-state index contributed by atoms with van der Waals surface area (Å²) >= 11 is 0. The highest BCUT2D eigenvalue weighted by Crippen LogP contribution is 2.08. The van der Waals surface area contributed by atoms with E-state index in [0.29, 0.717) is 13.2 Å². The summed E-state index contributed by atoms with van der Waals surface area (Å²) in [6.45, 7) is 6.98. The summed E-state index contributed by atoms with van der Waals surface area (Å²) in [4.78, 5) is 11.5. The van der Waals surface area contributed by atoms with Gasteiger partial charge >= 0.3 is 5.97 Å². The standard InChI is InChI=1S/C14H21NO3/c1-4-17-10-12(3)18-14(16)9-15-13-7-5-11(2)6-8-13/h5-8,12,15H,4,9-10H2,1-3H3. The Hall–Kier alpha value is -1.55. The third kappa shape index (κ3) is 5.68. The molecule has 1 rings (SSSR count). The summed E-state index contributed by atoms with van der Waals surface area (Å²) in [7, 11) is 0. The molecule has 1 atom stereocenters. The molecule has 4 nitrogen and oxygen atoms in total. The fourth-order valence-electron chi connectivity index (χ4n) is 1.43. The van der Waals surface area contributed by atoms with E-state index in [1.807, 2.05) is 45.0 Å². The molecule has 0 fully saturated rings. The molecule has 1 aromatic carbocycles. The first-order chi connectivity index (χ1) is 8.61. The lowest BCUT2D eigenvalue weighted by Crippen LogP contribution is -2.25. The van der Waals surface area contributed by atoms with Crippen LogP contribution in [0.5, 0.6) is 0 Å². The maximum Gasteiger partial charge on any atom is 0.325 e. The Bertz CT molecular complexity index is 362. The highest BCUT2D eigenvalue weighted by Gasteiger charge is 2.08. The molecule has 1 N–H and O–H groups in total. The Kier molecular flexibility index (Phi) is 6.22. The lowest BCUT2D eigenvalue weighted by molar-refractivity contribution is -0.148. The van der Waals surface area contributed by atoms with E-state index in [9.17, 15) is 4.79 Å². The third-order valence-electron chi connectivity index (χ3n) is 2.38. The lowest BCUT2D eigenvalue weighted by Gasteiger charge is -2.13. The fraction of sp³-hybridized carbons (Fsp3) is 0.500. The molecule has 1 aromatic rings. The lowest BCUT2D eigenvalue weighted by atomic mass is 10.2. The second-order valence-corrected chi connectivity index (χ2v) is 4.18. The number of aryl methyl sites for hydroxylation is 1. The number of hydrogen-bond donors (Lipinski definition) is 1. The molecule has 0 aliphatic heterocycles. The van der Waals surface area contributed by atoms with Crippen LogP contribution in [0, 0.1) is 6.92 Å². The van der Waals surface area contributed by atoms with E-state index in [-0.39, 0.29) is 18.6 Å². The van der Waals surface area contributed by atoms with Gasteiger partial charge in [0.15, 0.2) is 0 Å². The molecule has 1 unspecified atom stereocenters. The first-order valence-electron chi connectivity index (χ1n) is 6.19. The fourth-order valence-corrected chi connectivity index (χ4v) is 1.43. The quantitative estimate of drug-likeness (QED) is 0.756. The minimum Gasteiger partial charge on any atom is -0.459 e. The first kappa shape index (κ1) is 14.5. The van der Waals surface area contributed by atoms with Gasteiger partial charge in [-0.25, -0.2) is 0 Å². The Balaban J connectivity index is 2.26. The van der Waals surface area contributed by atoms with Gasteiger partial charge < -0.3 is 14.8 Å². The number of anilines is 1. The number of rotatable bonds is 7. The van der Waals surface area contributed by atoms with Crippen LogP contribution in [-0.4, -0.2) is 31.8 Å². The van der Waals surface area contributed by atoms with Crippen molar-refractivity contribution < 1.29 is 14.3 Å². The molecule has 100 valence electrons. The van der Waals surface area contributed by atoms with Gasteiger partial charge in [0.2, 0.25) is 0 Å². The van der Waals surface area contributed by atoms with Crippen LogP contribution in [0.4, 0.5) is 5.69 Å². The topological polar surface area (TPSA) is 47.6 Å². The van der Waals surface area contributed by atoms with Crippen LogP contribution in [0.3, 0.4) is 0 Å². The van der Waals surface area contributed by atoms with Crippen molar-refractivity contribution in [2.75, 3.05) is 25.1 Å². The molecule has 0 bridgehead atoms. The van der Waals surface area contributed by atoms with Crippen molar-refractivity contribution in [2.45, 2.75) is 26.9 Å². The predicted octanol–water partition coefficient (Wildman–Crippen LogP) is 2.38. The van der Waals surface area contributed by atoms with Crippen molar-refractivity contribution in [1.82, 2.24) is 0 Å². The van der Waals surface area contributed by atoms with Crippen LogP contribution in [0.25, 0.3) is 0 Å². The van der Waals surface area contributed by atoms with Crippen molar-refractivity contribution in [3.63, 3.8) is 0 Å². The van der Waals surface area contributed by atoms with Crippen LogP contribution in [-0.2, 0) is 14.3 Å². The SMILES string of the molecule is CCOCC(C)OC(=O)CNc1ccc(C)cc1. The summed E-state index contributed by atoms with van der Waals surface area (Å²) in [5.74, 6) is -0.275. The summed E-state index contributed by atoms with van der Waals surface area (Å²) in [5.41, 5.74) is 2.10. The van der Waals surface area contributed by atoms with Gasteiger partial charge in [-0.1, -0.05) is 17.7 Å². The normalized spacial score (nSPS) is 11.9. The minimum atomic E-state index is -0.275. The smallest absolute Gasteiger partial charge is 0.325 e. The van der Waals surface area contributed by atoms with E-state index in [0.717, 1.165) is 5.69 Å². The molecule has 18 heavy (non-hydrogen) atoms. The van der Waals surface area contributed by atoms with E-state index in [4.69, 9.17) is 9.47 Å². The molecule has 0 saturated heterocycles. The van der Waals surface area contributed by atoms with E-state index in [2.05, 4.69) is 5.32 Å².